The minimum atomic E-state index is -0.247. The Balaban J connectivity index is 1.49. The Bertz CT molecular complexity index is 703. The van der Waals surface area contributed by atoms with E-state index in [9.17, 15) is 15.0 Å². The minimum Gasteiger partial charge on any atom is -0.393 e. The summed E-state index contributed by atoms with van der Waals surface area (Å²) in [5.41, 5.74) is 1.44. The number of aliphatic hydroxyl groups excluding tert-OH is 2. The molecule has 0 aliphatic heterocycles. The molecule has 0 saturated heterocycles. The molecular formula is C27H44O3. The second kappa shape index (κ2) is 7.73. The van der Waals surface area contributed by atoms with Crippen LogP contribution in [-0.4, -0.2) is 28.2 Å². The zero-order valence-corrected chi connectivity index (χ0v) is 19.9. The molecule has 8 atom stereocenters. The third-order valence-electron chi connectivity index (χ3n) is 9.99. The number of hydrogen-bond acceptors (Lipinski definition) is 3. The Morgan fingerprint density at radius 1 is 1.20 bits per heavy atom. The molecule has 3 heteroatoms. The van der Waals surface area contributed by atoms with E-state index in [1.807, 2.05) is 0 Å². The SMILES string of the molecule is CC(C)(C)C(O)CCCC1CCC2[C@@H]3CC=C4CC(O)CC[C@]4(C)C3C(=O)C[C@]12C. The van der Waals surface area contributed by atoms with Crippen LogP contribution >= 0.6 is 0 Å². The van der Waals surface area contributed by atoms with Crippen molar-refractivity contribution in [3.63, 3.8) is 0 Å². The fourth-order valence-corrected chi connectivity index (χ4v) is 8.04. The van der Waals surface area contributed by atoms with E-state index in [0.717, 1.165) is 51.4 Å². The molecule has 170 valence electrons. The van der Waals surface area contributed by atoms with Crippen molar-refractivity contribution in [2.45, 2.75) is 111 Å². The van der Waals surface area contributed by atoms with E-state index >= 15 is 0 Å². The second-order valence-electron chi connectivity index (χ2n) is 12.8. The van der Waals surface area contributed by atoms with Gasteiger partial charge in [-0.05, 0) is 85.4 Å². The molecule has 0 aromatic heterocycles. The summed E-state index contributed by atoms with van der Waals surface area (Å²) >= 11 is 0. The quantitative estimate of drug-likeness (QED) is 0.579. The summed E-state index contributed by atoms with van der Waals surface area (Å²) in [4.78, 5) is 13.6. The summed E-state index contributed by atoms with van der Waals surface area (Å²) in [6.45, 7) is 11.1. The first-order valence-corrected chi connectivity index (χ1v) is 12.5. The highest BCUT2D eigenvalue weighted by molar-refractivity contribution is 5.85. The summed E-state index contributed by atoms with van der Waals surface area (Å²) in [6, 6.07) is 0. The number of Topliss-reactive ketones (excluding diaryl/α,β-unsaturated/α-hetero) is 1. The smallest absolute Gasteiger partial charge is 0.137 e. The Morgan fingerprint density at radius 2 is 1.93 bits per heavy atom. The first-order valence-electron chi connectivity index (χ1n) is 12.5. The molecule has 2 N–H and O–H groups in total. The Kier molecular flexibility index (Phi) is 5.80. The minimum absolute atomic E-state index is 0.0184. The van der Waals surface area contributed by atoms with Crippen LogP contribution in [0.3, 0.4) is 0 Å². The molecule has 0 heterocycles. The van der Waals surface area contributed by atoms with Gasteiger partial charge in [-0.1, -0.05) is 52.7 Å². The van der Waals surface area contributed by atoms with Gasteiger partial charge in [0.15, 0.2) is 0 Å². The van der Waals surface area contributed by atoms with E-state index in [-0.39, 0.29) is 34.4 Å². The van der Waals surface area contributed by atoms with Crippen LogP contribution in [0.25, 0.3) is 0 Å². The molecule has 4 aliphatic rings. The van der Waals surface area contributed by atoms with E-state index in [2.05, 4.69) is 40.7 Å². The van der Waals surface area contributed by atoms with Crippen LogP contribution in [0, 0.1) is 39.9 Å². The molecule has 0 aromatic carbocycles. The fourth-order valence-electron chi connectivity index (χ4n) is 8.04. The van der Waals surface area contributed by atoms with Gasteiger partial charge in [-0.3, -0.25) is 4.79 Å². The van der Waals surface area contributed by atoms with E-state index in [4.69, 9.17) is 0 Å². The average molecular weight is 417 g/mol. The number of rotatable bonds is 4. The number of fused-ring (bicyclic) bond motifs is 5. The molecule has 5 unspecified atom stereocenters. The third-order valence-corrected chi connectivity index (χ3v) is 9.99. The third kappa shape index (κ3) is 3.62. The Morgan fingerprint density at radius 3 is 2.63 bits per heavy atom. The van der Waals surface area contributed by atoms with Crippen molar-refractivity contribution in [1.29, 1.82) is 0 Å². The van der Waals surface area contributed by atoms with Crippen LogP contribution in [0.15, 0.2) is 11.6 Å². The lowest BCUT2D eigenvalue weighted by molar-refractivity contribution is -0.144. The molecule has 4 aliphatic carbocycles. The van der Waals surface area contributed by atoms with E-state index < -0.39 is 0 Å². The summed E-state index contributed by atoms with van der Waals surface area (Å²) in [7, 11) is 0. The predicted molar refractivity (Wildman–Crippen MR) is 121 cm³/mol. The molecule has 0 aromatic rings. The first-order chi connectivity index (χ1) is 14.0. The average Bonchev–Trinajstić information content (AvgIpc) is 2.97. The maximum absolute atomic E-state index is 13.6. The zero-order chi connectivity index (χ0) is 21.9. The molecule has 30 heavy (non-hydrogen) atoms. The van der Waals surface area contributed by atoms with Gasteiger partial charge in [0.1, 0.15) is 5.78 Å². The Hall–Kier alpha value is -0.670. The summed E-state index contributed by atoms with van der Waals surface area (Å²) in [5.74, 6) is 2.44. The Labute approximate surface area is 183 Å². The highest BCUT2D eigenvalue weighted by Gasteiger charge is 2.61. The lowest BCUT2D eigenvalue weighted by Crippen LogP contribution is -2.54. The molecule has 4 rings (SSSR count). The lowest BCUT2D eigenvalue weighted by Gasteiger charge is -2.57. The molecule has 3 fully saturated rings. The van der Waals surface area contributed by atoms with Crippen LogP contribution < -0.4 is 0 Å². The number of allylic oxidation sites excluding steroid dienone is 1. The van der Waals surface area contributed by atoms with Crippen molar-refractivity contribution in [2.24, 2.45) is 39.9 Å². The monoisotopic (exact) mass is 416 g/mol. The van der Waals surface area contributed by atoms with E-state index in [0.29, 0.717) is 23.5 Å². The van der Waals surface area contributed by atoms with Gasteiger partial charge in [-0.2, -0.15) is 0 Å². The summed E-state index contributed by atoms with van der Waals surface area (Å²) in [5, 5.41) is 20.6. The summed E-state index contributed by atoms with van der Waals surface area (Å²) in [6.07, 6.45) is 11.9. The van der Waals surface area contributed by atoms with Crippen LogP contribution in [0.1, 0.15) is 98.8 Å². The van der Waals surface area contributed by atoms with Crippen molar-refractivity contribution < 1.29 is 15.0 Å². The largest absolute Gasteiger partial charge is 0.393 e. The van der Waals surface area contributed by atoms with Crippen LogP contribution in [0.5, 0.6) is 0 Å². The van der Waals surface area contributed by atoms with Crippen molar-refractivity contribution in [3.05, 3.63) is 11.6 Å². The first kappa shape index (κ1) is 22.5. The van der Waals surface area contributed by atoms with Gasteiger partial charge in [0.05, 0.1) is 12.2 Å². The van der Waals surface area contributed by atoms with Crippen molar-refractivity contribution in [2.75, 3.05) is 0 Å². The van der Waals surface area contributed by atoms with Crippen LogP contribution in [-0.2, 0) is 4.79 Å². The molecule has 3 nitrogen and oxygen atoms in total. The number of aliphatic hydroxyl groups is 2. The van der Waals surface area contributed by atoms with E-state index in [1.54, 1.807) is 0 Å². The van der Waals surface area contributed by atoms with Crippen molar-refractivity contribution in [1.82, 2.24) is 0 Å². The number of carbonyl (C=O) groups is 1. The van der Waals surface area contributed by atoms with E-state index in [1.165, 1.54) is 18.4 Å². The van der Waals surface area contributed by atoms with Crippen LogP contribution in [0.4, 0.5) is 0 Å². The second-order valence-corrected chi connectivity index (χ2v) is 12.8. The number of hydrogen-bond donors (Lipinski definition) is 2. The van der Waals surface area contributed by atoms with Gasteiger partial charge in [0.25, 0.3) is 0 Å². The molecule has 0 spiro atoms. The number of carbonyl (C=O) groups excluding carboxylic acids is 1. The molecule has 3 saturated carbocycles. The van der Waals surface area contributed by atoms with Gasteiger partial charge in [0.2, 0.25) is 0 Å². The van der Waals surface area contributed by atoms with Gasteiger partial charge in [-0.15, -0.1) is 0 Å². The lowest BCUT2D eigenvalue weighted by atomic mass is 9.47. The van der Waals surface area contributed by atoms with Crippen molar-refractivity contribution in [3.8, 4) is 0 Å². The zero-order valence-electron chi connectivity index (χ0n) is 19.9. The van der Waals surface area contributed by atoms with Gasteiger partial charge < -0.3 is 10.2 Å². The molecular weight excluding hydrogens is 372 g/mol. The molecule has 0 amide bonds. The topological polar surface area (TPSA) is 57.5 Å². The van der Waals surface area contributed by atoms with Gasteiger partial charge in [0, 0.05) is 12.3 Å². The predicted octanol–water partition coefficient (Wildman–Crippen LogP) is 5.68. The fraction of sp³-hybridized carbons (Fsp3) is 0.889. The standard InChI is InChI=1S/C27H44O3/c1-25(2,3)23(30)8-6-7-17-10-12-21-20-11-9-18-15-19(28)13-14-26(18,4)24(20)22(29)16-27(17,21)5/h9,17,19-21,23-24,28,30H,6-8,10-16H2,1-5H3/t17?,19?,20-,21?,23?,24?,26-,27+/m0/s1. The maximum atomic E-state index is 13.6. The highest BCUT2D eigenvalue weighted by Crippen LogP contribution is 2.65. The molecule has 0 bridgehead atoms. The van der Waals surface area contributed by atoms with Crippen LogP contribution in [0.2, 0.25) is 0 Å². The summed E-state index contributed by atoms with van der Waals surface area (Å²) < 4.78 is 0. The van der Waals surface area contributed by atoms with Crippen molar-refractivity contribution >= 4 is 5.78 Å². The maximum Gasteiger partial charge on any atom is 0.137 e. The number of ketones is 1. The van der Waals surface area contributed by atoms with Gasteiger partial charge >= 0.3 is 0 Å². The highest BCUT2D eigenvalue weighted by atomic mass is 16.3. The molecule has 0 radical (unpaired) electrons. The normalized spacial score (nSPS) is 44.7. The van der Waals surface area contributed by atoms with Gasteiger partial charge in [-0.25, -0.2) is 0 Å².